The highest BCUT2D eigenvalue weighted by atomic mass is 32.2. The summed E-state index contributed by atoms with van der Waals surface area (Å²) < 4.78 is 1.35. The molecule has 48 valence electrons. The lowest BCUT2D eigenvalue weighted by Crippen LogP contribution is -1.87. The van der Waals surface area contributed by atoms with Gasteiger partial charge in [0, 0.05) is 0 Å². The minimum Gasteiger partial charge on any atom is -0.366 e. The van der Waals surface area contributed by atoms with Crippen LogP contribution < -0.4 is 9.37 Å². The van der Waals surface area contributed by atoms with Crippen molar-refractivity contribution in [3.05, 3.63) is 8.85 Å². The molecule has 0 atom stereocenters. The molecule has 2 nitrogen and oxygen atoms in total. The van der Waals surface area contributed by atoms with E-state index in [-0.39, 0.29) is 4.06 Å². The van der Waals surface area contributed by atoms with Gasteiger partial charge in [-0.3, -0.25) is 4.79 Å². The van der Waals surface area contributed by atoms with Crippen molar-refractivity contribution in [2.45, 2.75) is 4.21 Å². The summed E-state index contributed by atoms with van der Waals surface area (Å²) in [6.07, 6.45) is 0. The molecular weight excluding hydrogens is 174 g/mol. The zero-order valence-corrected chi connectivity index (χ0v) is 6.79. The van der Waals surface area contributed by atoms with E-state index in [0.717, 1.165) is 15.1 Å². The standard InChI is InChI=1S/C4H3NOS3/c6-4-8-2-3(9-4)7-1-5-2/h5H,1H2. The van der Waals surface area contributed by atoms with Crippen molar-refractivity contribution < 1.29 is 0 Å². The summed E-state index contributed by atoms with van der Waals surface area (Å²) in [6, 6.07) is 0. The van der Waals surface area contributed by atoms with Gasteiger partial charge in [-0.1, -0.05) is 34.4 Å². The molecule has 0 aromatic carbocycles. The normalized spacial score (nSPS) is 15.1. The first kappa shape index (κ1) is 5.76. The smallest absolute Gasteiger partial charge is 0.290 e. The van der Waals surface area contributed by atoms with Crippen LogP contribution in [0.4, 0.5) is 5.00 Å². The fourth-order valence-electron chi connectivity index (χ4n) is 0.638. The molecule has 1 aliphatic heterocycles. The quantitative estimate of drug-likeness (QED) is 0.653. The molecule has 0 radical (unpaired) electrons. The molecule has 1 N–H and O–H groups in total. The minimum atomic E-state index is 0.194. The van der Waals surface area contributed by atoms with E-state index in [4.69, 9.17) is 0 Å². The number of hydrogen-bond donors (Lipinski definition) is 1. The van der Waals surface area contributed by atoms with Gasteiger partial charge in [-0.25, -0.2) is 0 Å². The highest BCUT2D eigenvalue weighted by Crippen LogP contribution is 2.38. The Morgan fingerprint density at radius 1 is 1.44 bits per heavy atom. The Morgan fingerprint density at radius 2 is 2.33 bits per heavy atom. The predicted molar refractivity (Wildman–Crippen MR) is 42.8 cm³/mol. The van der Waals surface area contributed by atoms with Gasteiger partial charge in [0.1, 0.15) is 5.00 Å². The molecule has 0 fully saturated rings. The van der Waals surface area contributed by atoms with Crippen molar-refractivity contribution in [1.82, 2.24) is 0 Å². The van der Waals surface area contributed by atoms with Crippen LogP contribution in [0, 0.1) is 0 Å². The van der Waals surface area contributed by atoms with E-state index in [1.807, 2.05) is 0 Å². The molecule has 9 heavy (non-hydrogen) atoms. The van der Waals surface area contributed by atoms with E-state index < -0.39 is 0 Å². The van der Waals surface area contributed by atoms with E-state index in [0.29, 0.717) is 0 Å². The monoisotopic (exact) mass is 177 g/mol. The fraction of sp³-hybridized carbons (Fsp3) is 0.250. The lowest BCUT2D eigenvalue weighted by molar-refractivity contribution is 1.55. The van der Waals surface area contributed by atoms with Crippen molar-refractivity contribution in [1.29, 1.82) is 0 Å². The van der Waals surface area contributed by atoms with E-state index in [2.05, 4.69) is 5.32 Å². The van der Waals surface area contributed by atoms with Crippen molar-refractivity contribution in [2.75, 3.05) is 11.2 Å². The fourth-order valence-corrected chi connectivity index (χ4v) is 4.01. The van der Waals surface area contributed by atoms with Crippen LogP contribution in [0.25, 0.3) is 0 Å². The Labute approximate surface area is 63.9 Å². The molecule has 0 spiro atoms. The molecule has 0 aliphatic carbocycles. The zero-order chi connectivity index (χ0) is 6.27. The third kappa shape index (κ3) is 0.889. The van der Waals surface area contributed by atoms with Gasteiger partial charge in [0.25, 0.3) is 4.06 Å². The summed E-state index contributed by atoms with van der Waals surface area (Å²) in [5.41, 5.74) is 0. The number of anilines is 1. The minimum absolute atomic E-state index is 0.194. The Balaban J connectivity index is 2.64. The zero-order valence-electron chi connectivity index (χ0n) is 4.34. The molecule has 1 aliphatic rings. The van der Waals surface area contributed by atoms with Gasteiger partial charge in [-0.05, 0) is 0 Å². The summed E-state index contributed by atoms with van der Waals surface area (Å²) in [6.45, 7) is 0. The Morgan fingerprint density at radius 3 is 3.11 bits per heavy atom. The molecule has 2 rings (SSSR count). The van der Waals surface area contributed by atoms with E-state index in [1.165, 1.54) is 22.7 Å². The van der Waals surface area contributed by atoms with Crippen molar-refractivity contribution >= 4 is 39.4 Å². The number of thioether (sulfide) groups is 1. The average Bonchev–Trinajstić information content (AvgIpc) is 2.22. The molecule has 2 heterocycles. The number of hydrogen-bond acceptors (Lipinski definition) is 5. The van der Waals surface area contributed by atoms with Crippen molar-refractivity contribution in [3.8, 4) is 0 Å². The Kier molecular flexibility index (Phi) is 1.28. The predicted octanol–water partition coefficient (Wildman–Crippen LogP) is 1.64. The van der Waals surface area contributed by atoms with Gasteiger partial charge in [0.05, 0.1) is 10.1 Å². The molecule has 1 aromatic rings. The average molecular weight is 177 g/mol. The van der Waals surface area contributed by atoms with E-state index >= 15 is 0 Å². The first-order chi connectivity index (χ1) is 4.36. The molecule has 0 unspecified atom stereocenters. The van der Waals surface area contributed by atoms with Gasteiger partial charge < -0.3 is 5.32 Å². The maximum absolute atomic E-state index is 10.7. The van der Waals surface area contributed by atoms with Gasteiger partial charge in [-0.15, -0.1) is 0 Å². The van der Waals surface area contributed by atoms with Gasteiger partial charge in [-0.2, -0.15) is 0 Å². The van der Waals surface area contributed by atoms with Crippen molar-refractivity contribution in [3.63, 3.8) is 0 Å². The van der Waals surface area contributed by atoms with E-state index in [9.17, 15) is 4.79 Å². The molecule has 0 saturated heterocycles. The molecule has 1 aromatic heterocycles. The molecular formula is C4H3NOS3. The summed E-state index contributed by atoms with van der Waals surface area (Å²) in [5, 5.41) is 4.18. The van der Waals surface area contributed by atoms with Crippen LogP contribution in [0.3, 0.4) is 0 Å². The highest BCUT2D eigenvalue weighted by Gasteiger charge is 2.14. The van der Waals surface area contributed by atoms with Crippen LogP contribution in [0.2, 0.25) is 0 Å². The molecule has 0 saturated carbocycles. The second-order valence-corrected chi connectivity index (χ2v) is 5.00. The highest BCUT2D eigenvalue weighted by molar-refractivity contribution is 8.02. The lowest BCUT2D eigenvalue weighted by atomic mass is 10.9. The van der Waals surface area contributed by atoms with Crippen LogP contribution in [0.1, 0.15) is 0 Å². The van der Waals surface area contributed by atoms with Crippen LogP contribution >= 0.6 is 34.4 Å². The SMILES string of the molecule is O=c1sc2c(s1)SCN2. The number of rotatable bonds is 0. The van der Waals surface area contributed by atoms with Gasteiger partial charge in [0.15, 0.2) is 0 Å². The Bertz CT molecular complexity index is 251. The van der Waals surface area contributed by atoms with E-state index in [1.54, 1.807) is 11.8 Å². The molecule has 0 bridgehead atoms. The third-order valence-electron chi connectivity index (χ3n) is 0.983. The number of nitrogens with one attached hydrogen (secondary N) is 1. The summed E-state index contributed by atoms with van der Waals surface area (Å²) in [7, 11) is 0. The number of fused-ring (bicyclic) bond motifs is 1. The summed E-state index contributed by atoms with van der Waals surface area (Å²) in [4.78, 5) is 10.7. The van der Waals surface area contributed by atoms with Crippen LogP contribution in [0.15, 0.2) is 9.00 Å². The maximum Gasteiger partial charge on any atom is 0.290 e. The third-order valence-corrected chi connectivity index (χ3v) is 4.38. The van der Waals surface area contributed by atoms with Crippen LogP contribution in [0.5, 0.6) is 0 Å². The van der Waals surface area contributed by atoms with Crippen molar-refractivity contribution in [2.24, 2.45) is 0 Å². The van der Waals surface area contributed by atoms with Gasteiger partial charge in [0.2, 0.25) is 0 Å². The second-order valence-electron chi connectivity index (χ2n) is 1.54. The summed E-state index contributed by atoms with van der Waals surface area (Å²) >= 11 is 4.35. The largest absolute Gasteiger partial charge is 0.366 e. The Hall–Kier alpha value is -0.0000000000000000278. The first-order valence-corrected chi connectivity index (χ1v) is 4.99. The topological polar surface area (TPSA) is 29.1 Å². The van der Waals surface area contributed by atoms with Gasteiger partial charge >= 0.3 is 0 Å². The maximum atomic E-state index is 10.7. The lowest BCUT2D eigenvalue weighted by Gasteiger charge is -1.83. The van der Waals surface area contributed by atoms with Crippen LogP contribution in [-0.4, -0.2) is 5.88 Å². The summed E-state index contributed by atoms with van der Waals surface area (Å²) in [5.74, 6) is 0.929. The second kappa shape index (κ2) is 2.00. The molecule has 0 amide bonds. The first-order valence-electron chi connectivity index (χ1n) is 2.37. The van der Waals surface area contributed by atoms with Crippen LogP contribution in [-0.2, 0) is 0 Å². The molecule has 5 heteroatoms.